The smallest absolute Gasteiger partial charge is 0.343 e. The third-order valence-electron chi connectivity index (χ3n) is 24.6. The summed E-state index contributed by atoms with van der Waals surface area (Å²) in [5.74, 6) is 0. The van der Waals surface area contributed by atoms with Gasteiger partial charge in [-0.3, -0.25) is 0 Å². The van der Waals surface area contributed by atoms with Crippen molar-refractivity contribution in [2.75, 3.05) is 0 Å². The molecule has 1 aliphatic carbocycles. The molecular formula is C128H118N8PdPt2Rh. The molecule has 0 saturated carbocycles. The molecule has 0 unspecified atom stereocenters. The van der Waals surface area contributed by atoms with E-state index >= 15 is 0 Å². The molecule has 0 amide bonds. The predicted molar refractivity (Wildman–Crippen MR) is 564 cm³/mol. The zero-order chi connectivity index (χ0) is 96.1. The van der Waals surface area contributed by atoms with Crippen LogP contribution in [0, 0.1) is 139 Å². The van der Waals surface area contributed by atoms with Crippen molar-refractivity contribution in [3.8, 4) is 90.1 Å². The number of hydrogen-bond acceptors (Lipinski definition) is 0. The van der Waals surface area contributed by atoms with Gasteiger partial charge < -0.3 is 36.5 Å². The Bertz CT molecular complexity index is 7130. The molecular weight excluding hydrogens is 2250 g/mol. The molecule has 12 heteroatoms. The van der Waals surface area contributed by atoms with Crippen molar-refractivity contribution in [1.29, 1.82) is 0 Å². The number of hydrogen-bond donors (Lipinski definition) is 0. The Hall–Kier alpha value is -14.5. The third kappa shape index (κ3) is 25.7. The van der Waals surface area contributed by atoms with E-state index in [2.05, 4.69) is 358 Å². The minimum Gasteiger partial charge on any atom is -0.343 e. The van der Waals surface area contributed by atoms with Crippen LogP contribution in [0.25, 0.3) is 133 Å². The standard InChI is InChI=1S/C18H20N.4C17H14N.3C14H14N.Pd.2Pt.Rh/c1-13-7-6-10-18(19(13)3)17-12-11-15-8-4-5-9-16(15)14(17)2;4*1-13-7-3-5-9-15(13)17-16-10-6-4-8-14(16)11-12-18(17)2;1-11-7-4-5-9-13(11)14-12(2)8-6-10-15(14)3;1-11-8-9-15(3)14(10-11)13-7-5-4-6-12(13)2;1-11-8-9-14(15(3)10-11)13-7-5-4-6-12(13)2;;;;/h6-7,10-12H,2-5,8-9H2,1H3;4*3-12H,1-2H2;4-10H,1,3H2,2H3;2*4-10H,2-3H2,1H3;;;;/q8*-1;;2*+4;. The molecule has 0 aliphatic heterocycles. The molecule has 1 aliphatic rings. The fourth-order valence-electron chi connectivity index (χ4n) is 17.4. The summed E-state index contributed by atoms with van der Waals surface area (Å²) in [4.78, 5) is 0. The molecule has 8 heterocycles. The first kappa shape index (κ1) is 107. The summed E-state index contributed by atoms with van der Waals surface area (Å²) in [7, 11) is 32.4. The van der Waals surface area contributed by atoms with Crippen LogP contribution in [0.1, 0.15) is 90.9 Å². The maximum atomic E-state index is 4.34. The van der Waals surface area contributed by atoms with Gasteiger partial charge in [0.15, 0.2) is 0 Å². The fraction of sp³-hybridized carbons (Fsp3) is 0.0625. The van der Waals surface area contributed by atoms with E-state index < -0.39 is 0 Å². The predicted octanol–water partition coefficient (Wildman–Crippen LogP) is 26.4. The van der Waals surface area contributed by atoms with Gasteiger partial charge in [-0.05, 0) is 113 Å². The summed E-state index contributed by atoms with van der Waals surface area (Å²) in [6.45, 7) is 41.1. The molecule has 0 saturated heterocycles. The Labute approximate surface area is 888 Å². The van der Waals surface area contributed by atoms with Crippen molar-refractivity contribution in [3.63, 3.8) is 0 Å². The van der Waals surface area contributed by atoms with Crippen LogP contribution in [0.3, 0.4) is 0 Å². The van der Waals surface area contributed by atoms with Gasteiger partial charge in [-0.2, -0.15) is 142 Å². The summed E-state index contributed by atoms with van der Waals surface area (Å²) < 4.78 is 15.3. The number of nitrogens with zero attached hydrogens (tertiary/aromatic N) is 8. The van der Waals surface area contributed by atoms with Crippen molar-refractivity contribution in [2.45, 2.75) is 53.4 Å². The largest absolute Gasteiger partial charge is 4.00 e. The van der Waals surface area contributed by atoms with Crippen LogP contribution in [0.5, 0.6) is 0 Å². The van der Waals surface area contributed by atoms with Crippen LogP contribution in [-0.4, -0.2) is 0 Å². The van der Waals surface area contributed by atoms with Crippen LogP contribution in [0.2, 0.25) is 0 Å². The molecule has 20 aromatic rings. The topological polar surface area (TPSA) is 31.0 Å². The number of aromatic nitrogens is 8. The Morgan fingerprint density at radius 1 is 0.236 bits per heavy atom. The number of benzene rings is 12. The van der Waals surface area contributed by atoms with Gasteiger partial charge in [-0.25, -0.2) is 0 Å². The number of rotatable bonds is 8. The molecule has 8 nitrogen and oxygen atoms in total. The van der Waals surface area contributed by atoms with Gasteiger partial charge in [0.1, 0.15) is 0 Å². The first-order chi connectivity index (χ1) is 65.8. The fourth-order valence-corrected chi connectivity index (χ4v) is 17.4. The number of pyridine rings is 8. The minimum absolute atomic E-state index is 0. The molecule has 12 aromatic carbocycles. The van der Waals surface area contributed by atoms with E-state index in [1.54, 1.807) is 0 Å². The normalized spacial score (nSPS) is 10.7. The Morgan fingerprint density at radius 2 is 0.557 bits per heavy atom. The van der Waals surface area contributed by atoms with Gasteiger partial charge in [-0.1, -0.05) is 225 Å². The van der Waals surface area contributed by atoms with Crippen LogP contribution in [0.15, 0.2) is 401 Å². The molecule has 0 N–H and O–H groups in total. The van der Waals surface area contributed by atoms with E-state index in [1.807, 2.05) is 219 Å². The SMILES string of the molecule is [CH2-]c1c(-c2cccc(C)[n+]2[CH2-])ccc2c1CCCC2.[CH2-]c1ccccc1-c1c(C)ccc[n+]1[CH2-].[CH2-]c1ccccc1-c1c2ccccc2cc[n+]1[CH2-].[CH2-]c1ccccc1-c1c2ccccc2cc[n+]1[CH2-].[CH2-]c1ccccc1-c1c2ccccc2cc[n+]1[CH2-].[CH2-]c1ccccc1-c1c2ccccc2cc[n+]1[CH2-].[CH2-]c1ccccc1-c1cc(C)cc[n+]1[CH2-].[CH2-]c1ccccc1-c1ccc(C)c[n+]1[CH2-].[Pd].[Pt+4].[Pt+4].[Rh]. The quantitative estimate of drug-likeness (QED) is 0.0825. The number of fused-ring (bicyclic) bond motifs is 5. The van der Waals surface area contributed by atoms with Crippen LogP contribution >= 0.6 is 0 Å². The van der Waals surface area contributed by atoms with Gasteiger partial charge in [0.25, 0.3) is 0 Å². The van der Waals surface area contributed by atoms with Gasteiger partial charge >= 0.3 is 42.1 Å². The second kappa shape index (κ2) is 50.7. The number of aryl methyl sites for hydroxylation is 5. The summed E-state index contributed by atoms with van der Waals surface area (Å²) in [5.41, 5.74) is 34.2. The molecule has 0 spiro atoms. The summed E-state index contributed by atoms with van der Waals surface area (Å²) >= 11 is 0. The van der Waals surface area contributed by atoms with Crippen molar-refractivity contribution in [1.82, 2.24) is 0 Å². The molecule has 0 atom stereocenters. The van der Waals surface area contributed by atoms with E-state index in [0.717, 1.165) is 129 Å². The molecule has 709 valence electrons. The zero-order valence-corrected chi connectivity index (χ0v) is 87.8. The third-order valence-corrected chi connectivity index (χ3v) is 24.6. The summed E-state index contributed by atoms with van der Waals surface area (Å²) in [6, 6.07) is 122. The minimum atomic E-state index is 0. The molecule has 140 heavy (non-hydrogen) atoms. The Balaban J connectivity index is 0.000000164. The zero-order valence-electron chi connectivity index (χ0n) is 80.1. The summed E-state index contributed by atoms with van der Waals surface area (Å²) in [6.07, 6.45) is 18.9. The van der Waals surface area contributed by atoms with Crippen molar-refractivity contribution in [3.05, 3.63) is 591 Å². The van der Waals surface area contributed by atoms with Crippen LogP contribution in [-0.2, 0) is 94.9 Å². The first-order valence-corrected chi connectivity index (χ1v) is 45.5. The summed E-state index contributed by atoms with van der Waals surface area (Å²) in [5, 5.41) is 9.67. The molecule has 1 radical (unpaired) electrons. The molecule has 21 rings (SSSR count). The van der Waals surface area contributed by atoms with E-state index in [1.165, 1.54) is 108 Å². The van der Waals surface area contributed by atoms with E-state index in [4.69, 9.17) is 0 Å². The Morgan fingerprint density at radius 3 is 0.921 bits per heavy atom. The monoisotopic (exact) mass is 2370 g/mol. The van der Waals surface area contributed by atoms with Crippen LogP contribution in [0.4, 0.5) is 0 Å². The molecule has 0 bridgehead atoms. The van der Waals surface area contributed by atoms with Crippen molar-refractivity contribution >= 4 is 43.1 Å². The van der Waals surface area contributed by atoms with E-state index in [0.29, 0.717) is 0 Å². The van der Waals surface area contributed by atoms with Gasteiger partial charge in [-0.15, -0.1) is 147 Å². The maximum absolute atomic E-state index is 4.34. The van der Waals surface area contributed by atoms with Gasteiger partial charge in [0.05, 0.1) is 94.6 Å². The molecule has 0 fully saturated rings. The van der Waals surface area contributed by atoms with Gasteiger partial charge in [0.2, 0.25) is 0 Å². The van der Waals surface area contributed by atoms with E-state index in [9.17, 15) is 0 Å². The first-order valence-electron chi connectivity index (χ1n) is 45.5. The van der Waals surface area contributed by atoms with Crippen LogP contribution < -0.4 is 36.5 Å². The average Bonchev–Trinajstić information content (AvgIpc) is 0.797. The van der Waals surface area contributed by atoms with Crippen molar-refractivity contribution < 1.29 is 119 Å². The second-order valence-electron chi connectivity index (χ2n) is 34.0. The average molecular weight is 2370 g/mol. The van der Waals surface area contributed by atoms with Gasteiger partial charge in [0, 0.05) is 96.3 Å². The second-order valence-corrected chi connectivity index (χ2v) is 34.0. The molecule has 8 aromatic heterocycles. The maximum Gasteiger partial charge on any atom is 4.00 e. The van der Waals surface area contributed by atoms with E-state index in [-0.39, 0.29) is 82.0 Å². The van der Waals surface area contributed by atoms with Crippen molar-refractivity contribution in [2.24, 2.45) is 0 Å². The Kier molecular flexibility index (Phi) is 38.9.